The average Bonchev–Trinajstić information content (AvgIpc) is 3.21. The number of aryl methyl sites for hydroxylation is 1. The van der Waals surface area contributed by atoms with Crippen molar-refractivity contribution in [1.82, 2.24) is 5.32 Å². The molecule has 0 spiro atoms. The molecule has 4 heteroatoms. The van der Waals surface area contributed by atoms with Gasteiger partial charge in [0.15, 0.2) is 0 Å². The minimum Gasteiger partial charge on any atom is -0.489 e. The van der Waals surface area contributed by atoms with Gasteiger partial charge >= 0.3 is 0 Å². The molecule has 3 aromatic rings. The normalized spacial score (nSPS) is 18.6. The van der Waals surface area contributed by atoms with Gasteiger partial charge in [-0.3, -0.25) is 0 Å². The van der Waals surface area contributed by atoms with E-state index in [2.05, 4.69) is 59.9 Å². The molecule has 1 aliphatic heterocycles. The van der Waals surface area contributed by atoms with Gasteiger partial charge in [0.2, 0.25) is 0 Å². The molecule has 1 heterocycles. The first-order valence-electron chi connectivity index (χ1n) is 10.9. The molecule has 0 aromatic heterocycles. The maximum absolute atomic E-state index is 6.67. The average molecular weight is 450 g/mol. The van der Waals surface area contributed by atoms with Gasteiger partial charge in [0.25, 0.3) is 0 Å². The molecular weight excluding hydrogens is 425 g/mol. The van der Waals surface area contributed by atoms with Crippen molar-refractivity contribution in [3.8, 4) is 5.75 Å². The molecule has 1 aliphatic carbocycles. The molecule has 0 saturated carbocycles. The summed E-state index contributed by atoms with van der Waals surface area (Å²) >= 11 is 12.9. The Kier molecular flexibility index (Phi) is 6.04. The third-order valence-electron chi connectivity index (χ3n) is 6.18. The summed E-state index contributed by atoms with van der Waals surface area (Å²) in [5, 5.41) is 4.71. The number of allylic oxidation sites excluding steroid dienone is 1. The van der Waals surface area contributed by atoms with Crippen LogP contribution in [0, 0.1) is 0 Å². The van der Waals surface area contributed by atoms with Gasteiger partial charge in [-0.2, -0.15) is 0 Å². The number of rotatable bonds is 4. The first-order valence-corrected chi connectivity index (χ1v) is 11.7. The summed E-state index contributed by atoms with van der Waals surface area (Å²) in [5.74, 6) is 0.922. The zero-order valence-electron chi connectivity index (χ0n) is 17.3. The lowest BCUT2D eigenvalue weighted by molar-refractivity contribution is 0.223. The van der Waals surface area contributed by atoms with E-state index in [1.807, 2.05) is 12.1 Å². The maximum atomic E-state index is 6.67. The molecular formula is C27H25Cl2NO. The summed E-state index contributed by atoms with van der Waals surface area (Å²) in [7, 11) is 0. The van der Waals surface area contributed by atoms with Crippen molar-refractivity contribution >= 4 is 34.3 Å². The number of benzene rings is 3. The molecule has 158 valence electrons. The Morgan fingerprint density at radius 3 is 2.48 bits per heavy atom. The third-order valence-corrected chi connectivity index (χ3v) is 6.73. The molecule has 0 unspecified atom stereocenters. The Bertz CT molecular complexity index is 1110. The lowest BCUT2D eigenvalue weighted by atomic mass is 9.88. The van der Waals surface area contributed by atoms with Crippen molar-refractivity contribution in [2.75, 3.05) is 13.1 Å². The Hall–Kier alpha value is -2.26. The van der Waals surface area contributed by atoms with E-state index in [0.29, 0.717) is 10.0 Å². The van der Waals surface area contributed by atoms with E-state index in [4.69, 9.17) is 27.9 Å². The molecule has 0 radical (unpaired) electrons. The van der Waals surface area contributed by atoms with Gasteiger partial charge in [-0.05, 0) is 89.9 Å². The SMILES string of the molecule is Clc1ccc(C2=C(c3ccc(O[C@H]4CCNC4)cc3)c3ccccc3CCC2)c(Cl)c1. The van der Waals surface area contributed by atoms with Crippen LogP contribution in [0.4, 0.5) is 0 Å². The minimum atomic E-state index is 0.257. The van der Waals surface area contributed by atoms with Crippen LogP contribution in [0.3, 0.4) is 0 Å². The maximum Gasteiger partial charge on any atom is 0.119 e. The van der Waals surface area contributed by atoms with Crippen LogP contribution in [0.1, 0.15) is 41.5 Å². The fourth-order valence-corrected chi connectivity index (χ4v) is 5.20. The first-order chi connectivity index (χ1) is 15.2. The van der Waals surface area contributed by atoms with Crippen LogP contribution in [-0.4, -0.2) is 19.2 Å². The van der Waals surface area contributed by atoms with E-state index in [1.165, 1.54) is 27.8 Å². The number of hydrogen-bond donors (Lipinski definition) is 1. The van der Waals surface area contributed by atoms with Crippen LogP contribution in [0.5, 0.6) is 5.75 Å². The van der Waals surface area contributed by atoms with Crippen molar-refractivity contribution < 1.29 is 4.74 Å². The second kappa shape index (κ2) is 9.08. The highest BCUT2D eigenvalue weighted by Gasteiger charge is 2.22. The van der Waals surface area contributed by atoms with Gasteiger partial charge in [0.05, 0.1) is 0 Å². The third kappa shape index (κ3) is 4.39. The van der Waals surface area contributed by atoms with Crippen LogP contribution in [-0.2, 0) is 6.42 Å². The van der Waals surface area contributed by atoms with Crippen molar-refractivity contribution in [3.05, 3.63) is 99.0 Å². The monoisotopic (exact) mass is 449 g/mol. The smallest absolute Gasteiger partial charge is 0.119 e. The number of halogens is 2. The zero-order chi connectivity index (χ0) is 21.2. The first kappa shape index (κ1) is 20.6. The van der Waals surface area contributed by atoms with Gasteiger partial charge < -0.3 is 10.1 Å². The Morgan fingerprint density at radius 1 is 0.871 bits per heavy atom. The quantitative estimate of drug-likeness (QED) is 0.461. The summed E-state index contributed by atoms with van der Waals surface area (Å²) in [6, 6.07) is 23.1. The molecule has 0 amide bonds. The summed E-state index contributed by atoms with van der Waals surface area (Å²) in [4.78, 5) is 0. The molecule has 2 aliphatic rings. The number of fused-ring (bicyclic) bond motifs is 1. The van der Waals surface area contributed by atoms with E-state index in [0.717, 1.165) is 50.1 Å². The fraction of sp³-hybridized carbons (Fsp3) is 0.259. The predicted molar refractivity (Wildman–Crippen MR) is 130 cm³/mol. The summed E-state index contributed by atoms with van der Waals surface area (Å²) < 4.78 is 6.14. The van der Waals surface area contributed by atoms with E-state index < -0.39 is 0 Å². The number of nitrogens with one attached hydrogen (secondary N) is 1. The standard InChI is InChI=1S/C27H25Cl2NO/c28-20-10-13-24(26(29)16-20)25-7-3-5-18-4-1-2-6-23(18)27(25)19-8-11-21(12-9-19)31-22-14-15-30-17-22/h1-2,4,6,8-13,16,22,30H,3,5,7,14-15,17H2/t22-/m0/s1. The summed E-state index contributed by atoms with van der Waals surface area (Å²) in [5.41, 5.74) is 7.46. The van der Waals surface area contributed by atoms with E-state index in [1.54, 1.807) is 0 Å². The van der Waals surface area contributed by atoms with E-state index in [9.17, 15) is 0 Å². The van der Waals surface area contributed by atoms with Gasteiger partial charge in [0.1, 0.15) is 11.9 Å². The topological polar surface area (TPSA) is 21.3 Å². The Labute approximate surface area is 193 Å². The van der Waals surface area contributed by atoms with Crippen LogP contribution >= 0.6 is 23.2 Å². The second-order valence-electron chi connectivity index (χ2n) is 8.25. The van der Waals surface area contributed by atoms with Crippen LogP contribution in [0.15, 0.2) is 66.7 Å². The second-order valence-corrected chi connectivity index (χ2v) is 9.09. The number of hydrogen-bond acceptors (Lipinski definition) is 2. The predicted octanol–water partition coefficient (Wildman–Crippen LogP) is 7.03. The van der Waals surface area contributed by atoms with E-state index >= 15 is 0 Å². The van der Waals surface area contributed by atoms with Gasteiger partial charge in [-0.1, -0.05) is 65.7 Å². The highest BCUT2D eigenvalue weighted by atomic mass is 35.5. The Morgan fingerprint density at radius 2 is 1.71 bits per heavy atom. The lowest BCUT2D eigenvalue weighted by Gasteiger charge is -2.18. The van der Waals surface area contributed by atoms with Crippen molar-refractivity contribution in [2.45, 2.75) is 31.8 Å². The van der Waals surface area contributed by atoms with Crippen LogP contribution < -0.4 is 10.1 Å². The molecule has 3 aromatic carbocycles. The Balaban J connectivity index is 1.62. The van der Waals surface area contributed by atoms with Crippen LogP contribution in [0.2, 0.25) is 10.0 Å². The van der Waals surface area contributed by atoms with Gasteiger partial charge in [0, 0.05) is 16.6 Å². The molecule has 1 atom stereocenters. The summed E-state index contributed by atoms with van der Waals surface area (Å²) in [6.07, 6.45) is 4.43. The minimum absolute atomic E-state index is 0.257. The lowest BCUT2D eigenvalue weighted by Crippen LogP contribution is -2.19. The molecule has 1 fully saturated rings. The zero-order valence-corrected chi connectivity index (χ0v) is 18.8. The van der Waals surface area contributed by atoms with Gasteiger partial charge in [-0.15, -0.1) is 0 Å². The largest absolute Gasteiger partial charge is 0.489 e. The van der Waals surface area contributed by atoms with Crippen molar-refractivity contribution in [1.29, 1.82) is 0 Å². The molecule has 1 saturated heterocycles. The van der Waals surface area contributed by atoms with Crippen LogP contribution in [0.25, 0.3) is 11.1 Å². The fourth-order valence-electron chi connectivity index (χ4n) is 4.68. The molecule has 31 heavy (non-hydrogen) atoms. The molecule has 1 N–H and O–H groups in total. The molecule has 5 rings (SSSR count). The summed E-state index contributed by atoms with van der Waals surface area (Å²) in [6.45, 7) is 1.94. The highest BCUT2D eigenvalue weighted by molar-refractivity contribution is 6.36. The van der Waals surface area contributed by atoms with E-state index in [-0.39, 0.29) is 6.10 Å². The molecule has 2 nitrogen and oxygen atoms in total. The van der Waals surface area contributed by atoms with Crippen molar-refractivity contribution in [2.24, 2.45) is 0 Å². The highest BCUT2D eigenvalue weighted by Crippen LogP contribution is 2.42. The molecule has 0 bridgehead atoms. The number of ether oxygens (including phenoxy) is 1. The van der Waals surface area contributed by atoms with Gasteiger partial charge in [-0.25, -0.2) is 0 Å². The van der Waals surface area contributed by atoms with Crippen molar-refractivity contribution in [3.63, 3.8) is 0 Å².